The topological polar surface area (TPSA) is 6.48 Å². The molecule has 1 saturated carbocycles. The van der Waals surface area contributed by atoms with Crippen LogP contribution in [0.4, 0.5) is 0 Å². The van der Waals surface area contributed by atoms with Crippen LogP contribution in [-0.2, 0) is 0 Å². The van der Waals surface area contributed by atoms with Crippen molar-refractivity contribution in [2.24, 2.45) is 11.8 Å². The van der Waals surface area contributed by atoms with Gasteiger partial charge in [-0.05, 0) is 44.1 Å². The summed E-state index contributed by atoms with van der Waals surface area (Å²) >= 11 is 0. The van der Waals surface area contributed by atoms with Gasteiger partial charge in [-0.25, -0.2) is 0 Å². The van der Waals surface area contributed by atoms with Gasteiger partial charge in [0.1, 0.15) is 0 Å². The van der Waals surface area contributed by atoms with Gasteiger partial charge >= 0.3 is 0 Å². The molecule has 116 valence electrons. The van der Waals surface area contributed by atoms with Crippen LogP contribution in [0.3, 0.4) is 0 Å². The zero-order valence-corrected chi connectivity index (χ0v) is 13.9. The molecule has 2 heteroatoms. The largest absolute Gasteiger partial charge is 0.298 e. The molecular weight excluding hydrogens is 244 g/mol. The van der Waals surface area contributed by atoms with Crippen molar-refractivity contribution in [3.8, 4) is 0 Å². The molecule has 2 nitrogen and oxygen atoms in total. The molecule has 2 saturated heterocycles. The highest BCUT2D eigenvalue weighted by Crippen LogP contribution is 2.34. The molecule has 2 heterocycles. The summed E-state index contributed by atoms with van der Waals surface area (Å²) in [6, 6.07) is 2.54. The molecule has 0 radical (unpaired) electrons. The van der Waals surface area contributed by atoms with Gasteiger partial charge in [0.2, 0.25) is 0 Å². The fourth-order valence-corrected chi connectivity index (χ4v) is 5.01. The average Bonchev–Trinajstić information content (AvgIpc) is 2.78. The van der Waals surface area contributed by atoms with Gasteiger partial charge in [0.15, 0.2) is 0 Å². The van der Waals surface area contributed by atoms with Crippen molar-refractivity contribution < 1.29 is 0 Å². The normalized spacial score (nSPS) is 40.8. The zero-order chi connectivity index (χ0) is 14.1. The number of hydrogen-bond donors (Lipinski definition) is 0. The van der Waals surface area contributed by atoms with Crippen LogP contribution in [0.15, 0.2) is 0 Å². The van der Waals surface area contributed by atoms with Crippen LogP contribution in [0.25, 0.3) is 0 Å². The van der Waals surface area contributed by atoms with E-state index in [1.807, 2.05) is 0 Å². The number of nitrogens with zero attached hydrogens (tertiary/aromatic N) is 2. The molecule has 0 aromatic carbocycles. The smallest absolute Gasteiger partial charge is 0.0249 e. The van der Waals surface area contributed by atoms with Crippen LogP contribution in [-0.4, -0.2) is 47.6 Å². The quantitative estimate of drug-likeness (QED) is 0.710. The van der Waals surface area contributed by atoms with E-state index < -0.39 is 0 Å². The van der Waals surface area contributed by atoms with E-state index in [1.165, 1.54) is 64.6 Å². The highest BCUT2D eigenvalue weighted by Gasteiger charge is 2.41. The Kier molecular flexibility index (Phi) is 4.72. The van der Waals surface area contributed by atoms with E-state index in [1.54, 1.807) is 0 Å². The highest BCUT2D eigenvalue weighted by molar-refractivity contribution is 4.97. The van der Waals surface area contributed by atoms with Crippen molar-refractivity contribution in [2.75, 3.05) is 19.6 Å². The van der Waals surface area contributed by atoms with Gasteiger partial charge in [0, 0.05) is 31.2 Å². The zero-order valence-electron chi connectivity index (χ0n) is 13.9. The van der Waals surface area contributed by atoms with Crippen LogP contribution in [0.2, 0.25) is 0 Å². The monoisotopic (exact) mass is 278 g/mol. The minimum absolute atomic E-state index is 0.798. The maximum atomic E-state index is 2.97. The van der Waals surface area contributed by atoms with E-state index in [4.69, 9.17) is 0 Å². The van der Waals surface area contributed by atoms with Crippen molar-refractivity contribution in [1.82, 2.24) is 9.80 Å². The molecule has 20 heavy (non-hydrogen) atoms. The maximum Gasteiger partial charge on any atom is 0.0249 e. The summed E-state index contributed by atoms with van der Waals surface area (Å²) in [4.78, 5) is 5.76. The molecule has 3 rings (SSSR count). The minimum atomic E-state index is 0.798. The molecule has 1 aliphatic carbocycles. The minimum Gasteiger partial charge on any atom is -0.298 e. The van der Waals surface area contributed by atoms with Gasteiger partial charge in [0.25, 0.3) is 0 Å². The van der Waals surface area contributed by atoms with Gasteiger partial charge in [-0.3, -0.25) is 9.80 Å². The SMILES string of the molecule is CC(C)C1CN2CCCC2CN1C1CCCCCC1C. The number of fused-ring (bicyclic) bond motifs is 1. The predicted molar refractivity (Wildman–Crippen MR) is 86.0 cm³/mol. The predicted octanol–water partition coefficient (Wildman–Crippen LogP) is 3.76. The van der Waals surface area contributed by atoms with E-state index in [0.29, 0.717) is 0 Å². The molecule has 4 unspecified atom stereocenters. The van der Waals surface area contributed by atoms with E-state index >= 15 is 0 Å². The second-order valence-electron chi connectivity index (χ2n) is 7.98. The summed E-state index contributed by atoms with van der Waals surface area (Å²) < 4.78 is 0. The van der Waals surface area contributed by atoms with Crippen LogP contribution >= 0.6 is 0 Å². The molecule has 0 spiro atoms. The molecule has 0 N–H and O–H groups in total. The third kappa shape index (κ3) is 2.92. The van der Waals surface area contributed by atoms with Crippen molar-refractivity contribution >= 4 is 0 Å². The lowest BCUT2D eigenvalue weighted by molar-refractivity contribution is -0.0170. The Morgan fingerprint density at radius 1 is 0.900 bits per heavy atom. The van der Waals surface area contributed by atoms with Gasteiger partial charge in [0.05, 0.1) is 0 Å². The number of hydrogen-bond acceptors (Lipinski definition) is 2. The molecule has 0 amide bonds. The van der Waals surface area contributed by atoms with Crippen LogP contribution in [0, 0.1) is 11.8 Å². The molecular formula is C18H34N2. The summed E-state index contributed by atoms with van der Waals surface area (Å²) in [5.74, 6) is 1.71. The first-order chi connectivity index (χ1) is 9.66. The second-order valence-corrected chi connectivity index (χ2v) is 7.98. The first kappa shape index (κ1) is 14.8. The average molecular weight is 278 g/mol. The van der Waals surface area contributed by atoms with Crippen molar-refractivity contribution in [1.29, 1.82) is 0 Å². The molecule has 0 bridgehead atoms. The van der Waals surface area contributed by atoms with Crippen LogP contribution in [0.1, 0.15) is 65.7 Å². The lowest BCUT2D eigenvalue weighted by atomic mass is 9.89. The molecule has 3 aliphatic rings. The molecule has 2 aliphatic heterocycles. The first-order valence-electron chi connectivity index (χ1n) is 9.16. The first-order valence-corrected chi connectivity index (χ1v) is 9.16. The standard InChI is InChI=1S/C18H34N2/c1-14(2)18-13-19-11-7-9-16(19)12-20(18)17-10-6-4-5-8-15(17)3/h14-18H,4-13H2,1-3H3. The molecule has 0 aromatic rings. The Morgan fingerprint density at radius 2 is 1.70 bits per heavy atom. The molecule has 3 fully saturated rings. The van der Waals surface area contributed by atoms with Gasteiger partial charge in [-0.1, -0.05) is 40.0 Å². The summed E-state index contributed by atoms with van der Waals surface area (Å²) in [6.45, 7) is 11.5. The van der Waals surface area contributed by atoms with Gasteiger partial charge in [-0.15, -0.1) is 0 Å². The van der Waals surface area contributed by atoms with Crippen LogP contribution in [0.5, 0.6) is 0 Å². The summed E-state index contributed by atoms with van der Waals surface area (Å²) in [6.07, 6.45) is 10.2. The fraction of sp³-hybridized carbons (Fsp3) is 1.00. The van der Waals surface area contributed by atoms with Gasteiger partial charge < -0.3 is 0 Å². The van der Waals surface area contributed by atoms with E-state index in [2.05, 4.69) is 30.6 Å². The molecule has 4 atom stereocenters. The summed E-state index contributed by atoms with van der Waals surface area (Å²) in [7, 11) is 0. The number of rotatable bonds is 2. The third-order valence-corrected chi connectivity index (χ3v) is 6.28. The van der Waals surface area contributed by atoms with E-state index in [0.717, 1.165) is 30.0 Å². The Hall–Kier alpha value is -0.0800. The fourth-order valence-electron chi connectivity index (χ4n) is 5.01. The molecule has 0 aromatic heterocycles. The Morgan fingerprint density at radius 3 is 2.50 bits per heavy atom. The highest BCUT2D eigenvalue weighted by atomic mass is 15.3. The lowest BCUT2D eigenvalue weighted by Gasteiger charge is -2.50. The van der Waals surface area contributed by atoms with Crippen LogP contribution < -0.4 is 0 Å². The lowest BCUT2D eigenvalue weighted by Crippen LogP contribution is -2.61. The summed E-state index contributed by atoms with van der Waals surface area (Å²) in [5, 5.41) is 0. The van der Waals surface area contributed by atoms with E-state index in [-0.39, 0.29) is 0 Å². The van der Waals surface area contributed by atoms with Gasteiger partial charge in [-0.2, -0.15) is 0 Å². The van der Waals surface area contributed by atoms with Crippen molar-refractivity contribution in [3.05, 3.63) is 0 Å². The van der Waals surface area contributed by atoms with Crippen molar-refractivity contribution in [2.45, 2.75) is 83.8 Å². The van der Waals surface area contributed by atoms with Crippen molar-refractivity contribution in [3.63, 3.8) is 0 Å². The maximum absolute atomic E-state index is 2.97. The summed E-state index contributed by atoms with van der Waals surface area (Å²) in [5.41, 5.74) is 0. The Bertz CT molecular complexity index is 315. The Labute approximate surface area is 125 Å². The van der Waals surface area contributed by atoms with E-state index in [9.17, 15) is 0 Å². The number of piperazine rings is 1. The third-order valence-electron chi connectivity index (χ3n) is 6.28. The Balaban J connectivity index is 1.76. The second kappa shape index (κ2) is 6.36.